The molecule has 3 rings (SSSR count). The predicted octanol–water partition coefficient (Wildman–Crippen LogP) is 1.61. The van der Waals surface area contributed by atoms with E-state index in [1.807, 2.05) is 71.5 Å². The van der Waals surface area contributed by atoms with Crippen LogP contribution in [0, 0.1) is 0 Å². The third-order valence-electron chi connectivity index (χ3n) is 4.57. The summed E-state index contributed by atoms with van der Waals surface area (Å²) < 4.78 is 0. The summed E-state index contributed by atoms with van der Waals surface area (Å²) in [6.45, 7) is 2.33. The van der Waals surface area contributed by atoms with Crippen molar-refractivity contribution in [2.75, 3.05) is 45.2 Å². The van der Waals surface area contributed by atoms with Crippen molar-refractivity contribution in [2.45, 2.75) is 6.42 Å². The van der Waals surface area contributed by atoms with Crippen molar-refractivity contribution in [1.82, 2.24) is 14.8 Å². The Hall–Kier alpha value is -2.76. The van der Waals surface area contributed by atoms with Crippen LogP contribution < -0.4 is 4.90 Å². The lowest BCUT2D eigenvalue weighted by atomic mass is 10.1. The quantitative estimate of drug-likeness (QED) is 0.920. The second kappa shape index (κ2) is 7.42. The zero-order chi connectivity index (χ0) is 17.8. The van der Waals surface area contributed by atoms with Gasteiger partial charge in [0.05, 0.1) is 6.42 Å². The highest BCUT2D eigenvalue weighted by atomic mass is 16.2. The fourth-order valence-corrected chi connectivity index (χ4v) is 3.00. The SMILES string of the molecule is CN(C)c1ccc(C(=O)N2CCN(C(=O)Cc3cc[nH]c3)CC2)cc1. The van der Waals surface area contributed by atoms with Crippen molar-refractivity contribution < 1.29 is 9.59 Å². The van der Waals surface area contributed by atoms with E-state index in [1.165, 1.54) is 0 Å². The Labute approximate surface area is 148 Å². The third-order valence-corrected chi connectivity index (χ3v) is 4.57. The van der Waals surface area contributed by atoms with Crippen LogP contribution in [0.2, 0.25) is 0 Å². The summed E-state index contributed by atoms with van der Waals surface area (Å²) in [6, 6.07) is 9.53. The molecule has 1 aromatic heterocycles. The first kappa shape index (κ1) is 17.1. The molecule has 0 bridgehead atoms. The molecule has 6 nitrogen and oxygen atoms in total. The fourth-order valence-electron chi connectivity index (χ4n) is 3.00. The Bertz CT molecular complexity index is 714. The van der Waals surface area contributed by atoms with E-state index in [0.29, 0.717) is 38.2 Å². The lowest BCUT2D eigenvalue weighted by Gasteiger charge is -2.35. The summed E-state index contributed by atoms with van der Waals surface area (Å²) in [5, 5.41) is 0. The van der Waals surface area contributed by atoms with Crippen molar-refractivity contribution in [1.29, 1.82) is 0 Å². The number of aromatic amines is 1. The van der Waals surface area contributed by atoms with E-state index in [0.717, 1.165) is 11.3 Å². The standard InChI is InChI=1S/C19H24N4O2/c1-21(2)17-5-3-16(4-6-17)19(25)23-11-9-22(10-12-23)18(24)13-15-7-8-20-14-15/h3-8,14,20H,9-13H2,1-2H3. The van der Waals surface area contributed by atoms with Gasteiger partial charge in [-0.1, -0.05) is 0 Å². The molecule has 132 valence electrons. The molecule has 1 aromatic carbocycles. The molecule has 1 fully saturated rings. The molecule has 0 atom stereocenters. The van der Waals surface area contributed by atoms with Crippen molar-refractivity contribution >= 4 is 17.5 Å². The molecule has 1 saturated heterocycles. The van der Waals surface area contributed by atoms with Gasteiger partial charge in [-0.25, -0.2) is 0 Å². The summed E-state index contributed by atoms with van der Waals surface area (Å²) in [5.41, 5.74) is 2.75. The molecule has 2 amide bonds. The van der Waals surface area contributed by atoms with Gasteiger partial charge < -0.3 is 19.7 Å². The Kier molecular flexibility index (Phi) is 5.07. The van der Waals surface area contributed by atoms with E-state index < -0.39 is 0 Å². The van der Waals surface area contributed by atoms with Gasteiger partial charge in [0.15, 0.2) is 0 Å². The molecule has 1 aliphatic heterocycles. The molecule has 0 spiro atoms. The number of carbonyl (C=O) groups is 2. The summed E-state index contributed by atoms with van der Waals surface area (Å²) >= 11 is 0. The van der Waals surface area contributed by atoms with E-state index in [1.54, 1.807) is 0 Å². The topological polar surface area (TPSA) is 59.7 Å². The van der Waals surface area contributed by atoms with Gasteiger partial charge in [-0.15, -0.1) is 0 Å². The first-order valence-electron chi connectivity index (χ1n) is 8.50. The second-order valence-corrected chi connectivity index (χ2v) is 6.51. The van der Waals surface area contributed by atoms with Crippen LogP contribution in [-0.4, -0.2) is 66.9 Å². The number of hydrogen-bond donors (Lipinski definition) is 1. The van der Waals surface area contributed by atoms with Gasteiger partial charge in [0, 0.05) is 63.9 Å². The first-order valence-corrected chi connectivity index (χ1v) is 8.50. The molecular formula is C19H24N4O2. The van der Waals surface area contributed by atoms with Crippen molar-refractivity contribution in [2.24, 2.45) is 0 Å². The molecule has 1 N–H and O–H groups in total. The normalized spacial score (nSPS) is 14.5. The number of carbonyl (C=O) groups excluding carboxylic acids is 2. The molecule has 0 aliphatic carbocycles. The highest BCUT2D eigenvalue weighted by Gasteiger charge is 2.24. The highest BCUT2D eigenvalue weighted by molar-refractivity contribution is 5.94. The Morgan fingerprint density at radius 2 is 1.64 bits per heavy atom. The molecule has 0 unspecified atom stereocenters. The van der Waals surface area contributed by atoms with Gasteiger partial charge in [-0.3, -0.25) is 9.59 Å². The number of benzene rings is 1. The average Bonchev–Trinajstić information content (AvgIpc) is 3.14. The van der Waals surface area contributed by atoms with Gasteiger partial charge >= 0.3 is 0 Å². The molecular weight excluding hydrogens is 316 g/mol. The summed E-state index contributed by atoms with van der Waals surface area (Å²) in [7, 11) is 3.95. The first-order chi connectivity index (χ1) is 12.0. The average molecular weight is 340 g/mol. The maximum Gasteiger partial charge on any atom is 0.253 e. The van der Waals surface area contributed by atoms with Crippen molar-refractivity contribution in [3.63, 3.8) is 0 Å². The van der Waals surface area contributed by atoms with Crippen molar-refractivity contribution in [3.8, 4) is 0 Å². The number of amides is 2. The molecule has 25 heavy (non-hydrogen) atoms. The van der Waals surface area contributed by atoms with Gasteiger partial charge in [0.25, 0.3) is 5.91 Å². The van der Waals surface area contributed by atoms with Gasteiger partial charge in [0.2, 0.25) is 5.91 Å². The van der Waals surface area contributed by atoms with E-state index in [4.69, 9.17) is 0 Å². The van der Waals surface area contributed by atoms with Gasteiger partial charge in [-0.05, 0) is 35.9 Å². The van der Waals surface area contributed by atoms with Gasteiger partial charge in [-0.2, -0.15) is 0 Å². The van der Waals surface area contributed by atoms with E-state index in [2.05, 4.69) is 4.98 Å². The van der Waals surface area contributed by atoms with Crippen LogP contribution in [-0.2, 0) is 11.2 Å². The van der Waals surface area contributed by atoms with Crippen LogP contribution in [0.15, 0.2) is 42.7 Å². The molecule has 0 saturated carbocycles. The lowest BCUT2D eigenvalue weighted by molar-refractivity contribution is -0.131. The minimum atomic E-state index is 0.0306. The predicted molar refractivity (Wildman–Crippen MR) is 97.7 cm³/mol. The summed E-state index contributed by atoms with van der Waals surface area (Å²) in [5.74, 6) is 0.144. The van der Waals surface area contributed by atoms with Crippen LogP contribution >= 0.6 is 0 Å². The summed E-state index contributed by atoms with van der Waals surface area (Å²) in [6.07, 6.45) is 4.07. The van der Waals surface area contributed by atoms with Gasteiger partial charge in [0.1, 0.15) is 0 Å². The number of anilines is 1. The zero-order valence-corrected chi connectivity index (χ0v) is 14.7. The number of rotatable bonds is 4. The number of aromatic nitrogens is 1. The number of nitrogens with zero attached hydrogens (tertiary/aromatic N) is 3. The Morgan fingerprint density at radius 3 is 2.20 bits per heavy atom. The van der Waals surface area contributed by atoms with E-state index >= 15 is 0 Å². The maximum absolute atomic E-state index is 12.6. The van der Waals surface area contributed by atoms with E-state index in [-0.39, 0.29) is 11.8 Å². The maximum atomic E-state index is 12.6. The molecule has 2 aromatic rings. The number of hydrogen-bond acceptors (Lipinski definition) is 3. The molecule has 0 radical (unpaired) electrons. The lowest BCUT2D eigenvalue weighted by Crippen LogP contribution is -2.51. The number of nitrogens with one attached hydrogen (secondary N) is 1. The Balaban J connectivity index is 1.54. The Morgan fingerprint density at radius 1 is 1.00 bits per heavy atom. The highest BCUT2D eigenvalue weighted by Crippen LogP contribution is 2.15. The molecule has 6 heteroatoms. The molecule has 1 aliphatic rings. The smallest absolute Gasteiger partial charge is 0.253 e. The van der Waals surface area contributed by atoms with E-state index in [9.17, 15) is 9.59 Å². The van der Waals surface area contributed by atoms with Crippen molar-refractivity contribution in [3.05, 3.63) is 53.9 Å². The minimum absolute atomic E-state index is 0.0306. The number of H-pyrrole nitrogens is 1. The molecule has 2 heterocycles. The van der Waals surface area contributed by atoms with Crippen LogP contribution in [0.1, 0.15) is 15.9 Å². The summed E-state index contributed by atoms with van der Waals surface area (Å²) in [4.78, 5) is 33.6. The fraction of sp³-hybridized carbons (Fsp3) is 0.368. The largest absolute Gasteiger partial charge is 0.378 e. The van der Waals surface area contributed by atoms with Crippen LogP contribution in [0.5, 0.6) is 0 Å². The minimum Gasteiger partial charge on any atom is -0.378 e. The van der Waals surface area contributed by atoms with Crippen LogP contribution in [0.3, 0.4) is 0 Å². The monoisotopic (exact) mass is 340 g/mol. The third kappa shape index (κ3) is 4.02. The van der Waals surface area contributed by atoms with Crippen LogP contribution in [0.4, 0.5) is 5.69 Å². The zero-order valence-electron chi connectivity index (χ0n) is 14.7. The van der Waals surface area contributed by atoms with Crippen LogP contribution in [0.25, 0.3) is 0 Å². The number of piperazine rings is 1. The second-order valence-electron chi connectivity index (χ2n) is 6.51.